The molecule has 1 aromatic heterocycles. The van der Waals surface area contributed by atoms with E-state index in [0.29, 0.717) is 35.6 Å². The fourth-order valence-electron chi connectivity index (χ4n) is 6.30. The zero-order valence-electron chi connectivity index (χ0n) is 28.6. The number of nitrogens with two attached hydrogens (primary N) is 1. The van der Waals surface area contributed by atoms with Crippen molar-refractivity contribution in [2.24, 2.45) is 0 Å². The lowest BCUT2D eigenvalue weighted by molar-refractivity contribution is 0.0591. The molecule has 254 valence electrons. The Balaban J connectivity index is 0.000000216. The summed E-state index contributed by atoms with van der Waals surface area (Å²) in [5.74, 6) is 2.69. The van der Waals surface area contributed by atoms with Crippen molar-refractivity contribution in [3.63, 3.8) is 0 Å². The van der Waals surface area contributed by atoms with E-state index in [0.717, 1.165) is 93.4 Å². The minimum atomic E-state index is -0.438. The second kappa shape index (κ2) is 16.4. The molecule has 9 nitrogen and oxygen atoms in total. The zero-order valence-corrected chi connectivity index (χ0v) is 28.6. The minimum Gasteiger partial charge on any atom is -0.490 e. The molecule has 2 saturated heterocycles. The number of carbonyl (C=O) groups is 1. The molecule has 0 unspecified atom stereocenters. The van der Waals surface area contributed by atoms with Crippen LogP contribution in [0.1, 0.15) is 123 Å². The third kappa shape index (κ3) is 9.23. The number of methoxy groups -OCH3 is 1. The molecule has 0 spiro atoms. The number of hydrogen-bond acceptors (Lipinski definition) is 9. The SMILES string of the molecule is CC(C)Oc1c(N)cccc1C1CCOCC1.COC(=O)c1nc(C2CC2)cnc1Cc1cccc(C2CCOCC2)c1OC(C)C. The van der Waals surface area contributed by atoms with Crippen LogP contribution in [0.15, 0.2) is 42.6 Å². The maximum Gasteiger partial charge on any atom is 0.358 e. The van der Waals surface area contributed by atoms with Crippen LogP contribution >= 0.6 is 0 Å². The summed E-state index contributed by atoms with van der Waals surface area (Å²) in [7, 11) is 1.39. The Kier molecular flexibility index (Phi) is 12.1. The van der Waals surface area contributed by atoms with E-state index in [1.807, 2.05) is 46.0 Å². The number of ether oxygens (including phenoxy) is 5. The van der Waals surface area contributed by atoms with Gasteiger partial charge in [0, 0.05) is 50.5 Å². The van der Waals surface area contributed by atoms with E-state index in [9.17, 15) is 4.79 Å². The molecule has 3 aliphatic rings. The number of esters is 1. The van der Waals surface area contributed by atoms with Gasteiger partial charge in [-0.15, -0.1) is 0 Å². The first-order valence-electron chi connectivity index (χ1n) is 17.2. The highest BCUT2D eigenvalue weighted by atomic mass is 16.5. The van der Waals surface area contributed by atoms with Crippen LogP contribution in [0.4, 0.5) is 5.69 Å². The predicted molar refractivity (Wildman–Crippen MR) is 183 cm³/mol. The van der Waals surface area contributed by atoms with Crippen LogP contribution in [-0.2, 0) is 20.6 Å². The largest absolute Gasteiger partial charge is 0.490 e. The Bertz CT molecular complexity index is 1480. The highest BCUT2D eigenvalue weighted by molar-refractivity contribution is 5.88. The molecule has 0 bridgehead atoms. The van der Waals surface area contributed by atoms with Crippen LogP contribution in [0.25, 0.3) is 0 Å². The molecule has 0 amide bonds. The van der Waals surface area contributed by atoms with E-state index in [1.54, 1.807) is 0 Å². The Hall–Kier alpha value is -3.69. The van der Waals surface area contributed by atoms with Crippen molar-refractivity contribution in [3.8, 4) is 11.5 Å². The van der Waals surface area contributed by atoms with Crippen molar-refractivity contribution in [2.45, 2.75) is 103 Å². The number of aromatic nitrogens is 2. The summed E-state index contributed by atoms with van der Waals surface area (Å²) in [6, 6.07) is 12.3. The molecule has 0 radical (unpaired) electrons. The van der Waals surface area contributed by atoms with Gasteiger partial charge >= 0.3 is 5.97 Å². The van der Waals surface area contributed by atoms with Crippen molar-refractivity contribution in [2.75, 3.05) is 39.3 Å². The zero-order chi connectivity index (χ0) is 33.3. The lowest BCUT2D eigenvalue weighted by atomic mass is 9.88. The van der Waals surface area contributed by atoms with Gasteiger partial charge < -0.3 is 29.4 Å². The lowest BCUT2D eigenvalue weighted by Crippen LogP contribution is -2.18. The van der Waals surface area contributed by atoms with E-state index >= 15 is 0 Å². The van der Waals surface area contributed by atoms with Crippen molar-refractivity contribution in [1.29, 1.82) is 0 Å². The number of nitrogen functional groups attached to an aromatic ring is 1. The quantitative estimate of drug-likeness (QED) is 0.178. The summed E-state index contributed by atoms with van der Waals surface area (Å²) in [5, 5.41) is 0. The van der Waals surface area contributed by atoms with E-state index in [-0.39, 0.29) is 12.2 Å². The summed E-state index contributed by atoms with van der Waals surface area (Å²) < 4.78 is 28.1. The highest BCUT2D eigenvalue weighted by Gasteiger charge is 2.29. The van der Waals surface area contributed by atoms with Gasteiger partial charge in [-0.25, -0.2) is 9.78 Å². The molecule has 2 aliphatic heterocycles. The first-order valence-corrected chi connectivity index (χ1v) is 17.2. The van der Waals surface area contributed by atoms with Crippen LogP contribution < -0.4 is 15.2 Å². The molecular weight excluding hydrogens is 594 g/mol. The summed E-state index contributed by atoms with van der Waals surface area (Å²) in [6.45, 7) is 11.3. The average Bonchev–Trinajstić information content (AvgIpc) is 3.93. The second-order valence-electron chi connectivity index (χ2n) is 13.2. The molecule has 47 heavy (non-hydrogen) atoms. The van der Waals surface area contributed by atoms with Gasteiger partial charge in [0.05, 0.1) is 36.4 Å². The minimum absolute atomic E-state index is 0.0492. The third-order valence-corrected chi connectivity index (χ3v) is 8.83. The summed E-state index contributed by atoms with van der Waals surface area (Å²) in [4.78, 5) is 21.7. The summed E-state index contributed by atoms with van der Waals surface area (Å²) in [6.07, 6.45) is 8.78. The number of anilines is 1. The molecule has 1 aliphatic carbocycles. The van der Waals surface area contributed by atoms with Crippen molar-refractivity contribution in [1.82, 2.24) is 9.97 Å². The van der Waals surface area contributed by atoms with Crippen LogP contribution in [0, 0.1) is 0 Å². The van der Waals surface area contributed by atoms with Crippen LogP contribution in [0.2, 0.25) is 0 Å². The highest BCUT2D eigenvalue weighted by Crippen LogP contribution is 2.40. The lowest BCUT2D eigenvalue weighted by Gasteiger charge is -2.27. The van der Waals surface area contributed by atoms with Crippen molar-refractivity contribution in [3.05, 3.63) is 76.4 Å². The molecule has 1 saturated carbocycles. The summed E-state index contributed by atoms with van der Waals surface area (Å²) >= 11 is 0. The Morgan fingerprint density at radius 1 is 0.809 bits per heavy atom. The summed E-state index contributed by atoms with van der Waals surface area (Å²) in [5.41, 5.74) is 12.1. The van der Waals surface area contributed by atoms with E-state index in [2.05, 4.69) is 34.2 Å². The van der Waals surface area contributed by atoms with Gasteiger partial charge in [0.25, 0.3) is 0 Å². The predicted octanol–water partition coefficient (Wildman–Crippen LogP) is 7.36. The van der Waals surface area contributed by atoms with Gasteiger partial charge in [-0.1, -0.05) is 30.3 Å². The van der Waals surface area contributed by atoms with E-state index in [4.69, 9.17) is 29.4 Å². The maximum absolute atomic E-state index is 12.4. The Morgan fingerprint density at radius 3 is 1.91 bits per heavy atom. The number of carbonyl (C=O) groups excluding carboxylic acids is 1. The molecule has 9 heteroatoms. The molecule has 3 fully saturated rings. The Labute approximate surface area is 279 Å². The normalized spacial score (nSPS) is 17.3. The molecule has 2 aromatic carbocycles. The fourth-order valence-corrected chi connectivity index (χ4v) is 6.30. The number of nitrogens with zero attached hydrogens (tertiary/aromatic N) is 2. The number of benzene rings is 2. The van der Waals surface area contributed by atoms with Crippen LogP contribution in [-0.4, -0.2) is 61.7 Å². The number of para-hydroxylation sites is 2. The van der Waals surface area contributed by atoms with Gasteiger partial charge in [-0.3, -0.25) is 4.98 Å². The van der Waals surface area contributed by atoms with Crippen LogP contribution in [0.3, 0.4) is 0 Å². The molecule has 2 N–H and O–H groups in total. The van der Waals surface area contributed by atoms with Crippen molar-refractivity contribution < 1.29 is 28.5 Å². The number of hydrogen-bond donors (Lipinski definition) is 1. The van der Waals surface area contributed by atoms with Gasteiger partial charge in [0.15, 0.2) is 5.69 Å². The van der Waals surface area contributed by atoms with Gasteiger partial charge in [0.2, 0.25) is 0 Å². The standard InChI is InChI=1S/C24H30N2O4.C14H21NO2/c1-15(2)30-23-18(5-4-6-19(23)16-9-11-29-12-10-16)13-20-22(24(27)28-3)26-21(14-25-20)17-7-8-17;1-10(2)17-14-12(4-3-5-13(14)15)11-6-8-16-9-7-11/h4-6,14-17H,7-13H2,1-3H3;3-5,10-11H,6-9,15H2,1-2H3. The topological polar surface area (TPSA) is 115 Å². The van der Waals surface area contributed by atoms with Crippen molar-refractivity contribution >= 4 is 11.7 Å². The molecule has 0 atom stereocenters. The van der Waals surface area contributed by atoms with Crippen LogP contribution in [0.5, 0.6) is 11.5 Å². The van der Waals surface area contributed by atoms with Gasteiger partial charge in [-0.2, -0.15) is 0 Å². The average molecular weight is 646 g/mol. The number of rotatable bonds is 10. The fraction of sp³-hybridized carbons (Fsp3) is 0.553. The monoisotopic (exact) mass is 645 g/mol. The third-order valence-electron chi connectivity index (χ3n) is 8.83. The van der Waals surface area contributed by atoms with E-state index in [1.165, 1.54) is 18.2 Å². The van der Waals surface area contributed by atoms with Gasteiger partial charge in [-0.05, 0) is 95.2 Å². The second-order valence-corrected chi connectivity index (χ2v) is 13.2. The first kappa shape index (κ1) is 34.6. The Morgan fingerprint density at radius 2 is 1.36 bits per heavy atom. The molecular formula is C38H51N3O6. The smallest absolute Gasteiger partial charge is 0.358 e. The first-order chi connectivity index (χ1) is 22.7. The maximum atomic E-state index is 12.4. The molecule has 3 heterocycles. The molecule has 6 rings (SSSR count). The van der Waals surface area contributed by atoms with E-state index < -0.39 is 5.97 Å². The van der Waals surface area contributed by atoms with Gasteiger partial charge in [0.1, 0.15) is 11.5 Å². The molecule has 3 aromatic rings.